The average molecular weight is 257 g/mol. The van der Waals surface area contributed by atoms with Gasteiger partial charge in [0, 0.05) is 12.7 Å². The van der Waals surface area contributed by atoms with Gasteiger partial charge in [-0.2, -0.15) is 5.10 Å². The topological polar surface area (TPSA) is 87.4 Å². The molecule has 6 nitrogen and oxygen atoms in total. The number of aromatic nitrogens is 2. The number of amides is 1. The van der Waals surface area contributed by atoms with Crippen molar-refractivity contribution in [3.8, 4) is 0 Å². The van der Waals surface area contributed by atoms with Gasteiger partial charge < -0.3 is 5.73 Å². The SMILES string of the molecule is CCN=C(N)N(C(=O)c1cn[nH]c1)c1ccccc1. The quantitative estimate of drug-likeness (QED) is 0.643. The molecule has 0 aliphatic heterocycles. The fourth-order valence-corrected chi connectivity index (χ4v) is 1.66. The smallest absolute Gasteiger partial charge is 0.268 e. The van der Waals surface area contributed by atoms with Crippen molar-refractivity contribution in [3.63, 3.8) is 0 Å². The van der Waals surface area contributed by atoms with Crippen LogP contribution in [0.25, 0.3) is 0 Å². The van der Waals surface area contributed by atoms with E-state index in [-0.39, 0.29) is 11.9 Å². The maximum atomic E-state index is 12.4. The Hall–Kier alpha value is -2.63. The molecule has 3 N–H and O–H groups in total. The lowest BCUT2D eigenvalue weighted by Crippen LogP contribution is -2.42. The van der Waals surface area contributed by atoms with E-state index in [1.165, 1.54) is 17.3 Å². The van der Waals surface area contributed by atoms with Gasteiger partial charge in [0.15, 0.2) is 0 Å². The Kier molecular flexibility index (Phi) is 3.92. The fraction of sp³-hybridized carbons (Fsp3) is 0.154. The Morgan fingerprint density at radius 3 is 2.74 bits per heavy atom. The van der Waals surface area contributed by atoms with Gasteiger partial charge in [0.05, 0.1) is 17.4 Å². The van der Waals surface area contributed by atoms with Crippen LogP contribution >= 0.6 is 0 Å². The first-order chi connectivity index (χ1) is 9.24. The lowest BCUT2D eigenvalue weighted by Gasteiger charge is -2.21. The second-order valence-corrected chi connectivity index (χ2v) is 3.80. The number of carbonyl (C=O) groups is 1. The van der Waals surface area contributed by atoms with Crippen molar-refractivity contribution < 1.29 is 4.79 Å². The van der Waals surface area contributed by atoms with Crippen LogP contribution < -0.4 is 10.6 Å². The van der Waals surface area contributed by atoms with E-state index >= 15 is 0 Å². The zero-order chi connectivity index (χ0) is 13.7. The lowest BCUT2D eigenvalue weighted by molar-refractivity contribution is 0.100. The second kappa shape index (κ2) is 5.81. The summed E-state index contributed by atoms with van der Waals surface area (Å²) >= 11 is 0. The Balaban J connectivity index is 2.41. The van der Waals surface area contributed by atoms with Crippen LogP contribution in [0.5, 0.6) is 0 Å². The van der Waals surface area contributed by atoms with E-state index < -0.39 is 0 Å². The summed E-state index contributed by atoms with van der Waals surface area (Å²) in [7, 11) is 0. The molecule has 0 bridgehead atoms. The van der Waals surface area contributed by atoms with Crippen LogP contribution in [0.3, 0.4) is 0 Å². The molecule has 1 aromatic carbocycles. The van der Waals surface area contributed by atoms with E-state index in [0.717, 1.165) is 0 Å². The van der Waals surface area contributed by atoms with E-state index in [1.807, 2.05) is 25.1 Å². The van der Waals surface area contributed by atoms with Crippen LogP contribution in [0, 0.1) is 0 Å². The number of aromatic amines is 1. The number of guanidine groups is 1. The minimum Gasteiger partial charge on any atom is -0.369 e. The number of H-pyrrole nitrogens is 1. The number of nitrogens with one attached hydrogen (secondary N) is 1. The van der Waals surface area contributed by atoms with Gasteiger partial charge in [-0.05, 0) is 19.1 Å². The molecular weight excluding hydrogens is 242 g/mol. The molecule has 0 atom stereocenters. The van der Waals surface area contributed by atoms with E-state index in [9.17, 15) is 4.79 Å². The van der Waals surface area contributed by atoms with Crippen molar-refractivity contribution in [2.75, 3.05) is 11.4 Å². The predicted molar refractivity (Wildman–Crippen MR) is 74.0 cm³/mol. The standard InChI is InChI=1S/C13H15N5O/c1-2-15-13(14)18(11-6-4-3-5-7-11)12(19)10-8-16-17-9-10/h3-9H,2H2,1H3,(H2,14,15)(H,16,17). The minimum atomic E-state index is -0.269. The molecular formula is C13H15N5O. The number of nitrogens with two attached hydrogens (primary N) is 1. The molecule has 0 spiro atoms. The summed E-state index contributed by atoms with van der Waals surface area (Å²) < 4.78 is 0. The summed E-state index contributed by atoms with van der Waals surface area (Å²) in [6.07, 6.45) is 2.98. The van der Waals surface area contributed by atoms with Gasteiger partial charge in [-0.1, -0.05) is 18.2 Å². The molecule has 2 aromatic rings. The lowest BCUT2D eigenvalue weighted by atomic mass is 10.2. The molecule has 0 saturated carbocycles. The Morgan fingerprint density at radius 2 is 2.16 bits per heavy atom. The third-order valence-corrected chi connectivity index (χ3v) is 2.51. The molecule has 0 unspecified atom stereocenters. The summed E-state index contributed by atoms with van der Waals surface area (Å²) in [5, 5.41) is 6.38. The zero-order valence-corrected chi connectivity index (χ0v) is 10.6. The normalized spacial score (nSPS) is 11.3. The van der Waals surface area contributed by atoms with Crippen molar-refractivity contribution in [1.82, 2.24) is 10.2 Å². The van der Waals surface area contributed by atoms with Gasteiger partial charge in [-0.25, -0.2) is 4.90 Å². The number of hydrogen-bond acceptors (Lipinski definition) is 3. The molecule has 6 heteroatoms. The first kappa shape index (κ1) is 12.8. The van der Waals surface area contributed by atoms with E-state index in [2.05, 4.69) is 15.2 Å². The van der Waals surface area contributed by atoms with Gasteiger partial charge in [-0.3, -0.25) is 14.9 Å². The molecule has 1 heterocycles. The molecule has 0 aliphatic rings. The van der Waals surface area contributed by atoms with Crippen molar-refractivity contribution >= 4 is 17.6 Å². The highest BCUT2D eigenvalue weighted by atomic mass is 16.2. The largest absolute Gasteiger partial charge is 0.369 e. The molecule has 1 amide bonds. The predicted octanol–water partition coefficient (Wildman–Crippen LogP) is 1.39. The van der Waals surface area contributed by atoms with Gasteiger partial charge in [0.25, 0.3) is 5.91 Å². The van der Waals surface area contributed by atoms with E-state index in [4.69, 9.17) is 5.73 Å². The average Bonchev–Trinajstić information content (AvgIpc) is 2.94. The van der Waals surface area contributed by atoms with Gasteiger partial charge in [0.1, 0.15) is 0 Å². The minimum absolute atomic E-state index is 0.167. The molecule has 1 aromatic heterocycles. The van der Waals surface area contributed by atoms with Crippen LogP contribution in [0.1, 0.15) is 17.3 Å². The van der Waals surface area contributed by atoms with Crippen LogP contribution in [0.15, 0.2) is 47.7 Å². The van der Waals surface area contributed by atoms with Crippen molar-refractivity contribution in [3.05, 3.63) is 48.3 Å². The summed E-state index contributed by atoms with van der Waals surface area (Å²) in [4.78, 5) is 17.9. The summed E-state index contributed by atoms with van der Waals surface area (Å²) in [5.41, 5.74) is 6.99. The van der Waals surface area contributed by atoms with E-state index in [1.54, 1.807) is 12.1 Å². The number of nitrogens with zero attached hydrogens (tertiary/aromatic N) is 3. The highest BCUT2D eigenvalue weighted by Gasteiger charge is 2.21. The van der Waals surface area contributed by atoms with E-state index in [0.29, 0.717) is 17.8 Å². The van der Waals surface area contributed by atoms with Crippen molar-refractivity contribution in [1.29, 1.82) is 0 Å². The molecule has 0 radical (unpaired) electrons. The molecule has 0 fully saturated rings. The Morgan fingerprint density at radius 1 is 1.42 bits per heavy atom. The molecule has 19 heavy (non-hydrogen) atoms. The number of benzene rings is 1. The highest BCUT2D eigenvalue weighted by molar-refractivity contribution is 6.21. The maximum absolute atomic E-state index is 12.4. The van der Waals surface area contributed by atoms with Crippen LogP contribution in [-0.4, -0.2) is 28.6 Å². The molecule has 2 rings (SSSR count). The van der Waals surface area contributed by atoms with Gasteiger partial charge in [-0.15, -0.1) is 0 Å². The first-order valence-electron chi connectivity index (χ1n) is 5.92. The van der Waals surface area contributed by atoms with Crippen molar-refractivity contribution in [2.45, 2.75) is 6.92 Å². The molecule has 0 aliphatic carbocycles. The second-order valence-electron chi connectivity index (χ2n) is 3.80. The van der Waals surface area contributed by atoms with Crippen LogP contribution in [0.2, 0.25) is 0 Å². The van der Waals surface area contributed by atoms with Crippen LogP contribution in [0.4, 0.5) is 5.69 Å². The number of para-hydroxylation sites is 1. The Labute approximate surface area is 111 Å². The number of aliphatic imine (C=N–C) groups is 1. The van der Waals surface area contributed by atoms with Gasteiger partial charge >= 0.3 is 0 Å². The number of anilines is 1. The highest BCUT2D eigenvalue weighted by Crippen LogP contribution is 2.16. The number of rotatable bonds is 3. The third-order valence-electron chi connectivity index (χ3n) is 2.51. The third kappa shape index (κ3) is 2.79. The fourth-order valence-electron chi connectivity index (χ4n) is 1.66. The maximum Gasteiger partial charge on any atom is 0.268 e. The van der Waals surface area contributed by atoms with Crippen molar-refractivity contribution in [2.24, 2.45) is 10.7 Å². The zero-order valence-electron chi connectivity index (χ0n) is 10.6. The van der Waals surface area contributed by atoms with Crippen LogP contribution in [-0.2, 0) is 0 Å². The molecule has 98 valence electrons. The number of hydrogen-bond donors (Lipinski definition) is 2. The van der Waals surface area contributed by atoms with Gasteiger partial charge in [0.2, 0.25) is 5.96 Å². The monoisotopic (exact) mass is 257 g/mol. The number of carbonyl (C=O) groups excluding carboxylic acids is 1. The Bertz CT molecular complexity index is 562. The summed E-state index contributed by atoms with van der Waals surface area (Å²) in [6, 6.07) is 9.15. The first-order valence-corrected chi connectivity index (χ1v) is 5.92. The molecule has 0 saturated heterocycles. The summed E-state index contributed by atoms with van der Waals surface area (Å²) in [5.74, 6) is -0.102. The summed E-state index contributed by atoms with van der Waals surface area (Å²) in [6.45, 7) is 2.37.